The molecule has 0 spiro atoms. The molecule has 0 atom stereocenters. The first-order chi connectivity index (χ1) is 12.5. The number of rotatable bonds is 6. The van der Waals surface area contributed by atoms with Crippen molar-refractivity contribution in [3.05, 3.63) is 58.6 Å². The van der Waals surface area contributed by atoms with Gasteiger partial charge in [0, 0.05) is 10.7 Å². The highest BCUT2D eigenvalue weighted by Gasteiger charge is 2.13. The molecule has 2 aromatic carbocycles. The van der Waals surface area contributed by atoms with Crippen molar-refractivity contribution >= 4 is 35.3 Å². The maximum absolute atomic E-state index is 11.9. The molecule has 6 nitrogen and oxygen atoms in total. The molecular weight excluding hydrogens is 354 g/mol. The Bertz CT molecular complexity index is 804. The van der Waals surface area contributed by atoms with Gasteiger partial charge in [-0.3, -0.25) is 9.59 Å². The van der Waals surface area contributed by atoms with Crippen molar-refractivity contribution < 1.29 is 14.3 Å². The lowest BCUT2D eigenvalue weighted by atomic mass is 10.2. The smallest absolute Gasteiger partial charge is 0.329 e. The van der Waals surface area contributed by atoms with E-state index in [9.17, 15) is 9.59 Å². The maximum atomic E-state index is 11.9. The van der Waals surface area contributed by atoms with E-state index in [0.717, 1.165) is 23.3 Å². The van der Waals surface area contributed by atoms with Gasteiger partial charge in [0.1, 0.15) is 5.75 Å². The molecule has 0 heterocycles. The monoisotopic (exact) mass is 373 g/mol. The second-order valence-electron chi connectivity index (χ2n) is 5.53. The van der Waals surface area contributed by atoms with Gasteiger partial charge in [0.2, 0.25) is 0 Å². The average Bonchev–Trinajstić information content (AvgIpc) is 2.63. The minimum Gasteiger partial charge on any atom is -0.494 e. The summed E-state index contributed by atoms with van der Waals surface area (Å²) in [5, 5.41) is 6.85. The van der Waals surface area contributed by atoms with Crippen molar-refractivity contribution in [2.75, 3.05) is 11.9 Å². The Balaban J connectivity index is 1.86. The molecule has 0 aliphatic rings. The van der Waals surface area contributed by atoms with E-state index in [0.29, 0.717) is 17.3 Å². The van der Waals surface area contributed by atoms with Crippen molar-refractivity contribution in [3.63, 3.8) is 0 Å². The van der Waals surface area contributed by atoms with Crippen LogP contribution in [0.5, 0.6) is 5.75 Å². The number of nitrogens with one attached hydrogen (secondary N) is 2. The molecule has 136 valence electrons. The highest BCUT2D eigenvalue weighted by atomic mass is 35.5. The predicted octanol–water partition coefficient (Wildman–Crippen LogP) is 3.53. The first-order valence-electron chi connectivity index (χ1n) is 8.13. The van der Waals surface area contributed by atoms with Crippen LogP contribution in [0, 0.1) is 6.92 Å². The van der Waals surface area contributed by atoms with Crippen LogP contribution < -0.4 is 15.5 Å². The standard InChI is InChI=1S/C19H20ClN3O3/c1-3-10-26-16-7-4-14(5-8-16)12-21-23-19(25)18(24)22-17-9-6-15(20)11-13(17)2/h4-9,11-12H,3,10H2,1-2H3,(H,22,24)(H,23,25). The number of hydrogen-bond acceptors (Lipinski definition) is 4. The average molecular weight is 374 g/mol. The van der Waals surface area contributed by atoms with E-state index in [1.54, 1.807) is 37.3 Å². The summed E-state index contributed by atoms with van der Waals surface area (Å²) in [5.41, 5.74) is 4.23. The van der Waals surface area contributed by atoms with Crippen LogP contribution in [-0.2, 0) is 9.59 Å². The quantitative estimate of drug-likeness (QED) is 0.462. The molecule has 2 amide bonds. The van der Waals surface area contributed by atoms with Crippen LogP contribution in [0.3, 0.4) is 0 Å². The zero-order chi connectivity index (χ0) is 18.9. The summed E-state index contributed by atoms with van der Waals surface area (Å²) in [7, 11) is 0. The molecule has 2 aromatic rings. The zero-order valence-electron chi connectivity index (χ0n) is 14.6. The van der Waals surface area contributed by atoms with Gasteiger partial charge in [-0.2, -0.15) is 5.10 Å². The predicted molar refractivity (Wildman–Crippen MR) is 103 cm³/mol. The summed E-state index contributed by atoms with van der Waals surface area (Å²) >= 11 is 5.86. The number of anilines is 1. The molecule has 0 saturated carbocycles. The van der Waals surface area contributed by atoms with Crippen LogP contribution in [0.4, 0.5) is 5.69 Å². The topological polar surface area (TPSA) is 79.8 Å². The molecule has 26 heavy (non-hydrogen) atoms. The van der Waals surface area contributed by atoms with Gasteiger partial charge in [-0.25, -0.2) is 5.43 Å². The lowest BCUT2D eigenvalue weighted by Crippen LogP contribution is -2.32. The SMILES string of the molecule is CCCOc1ccc(C=NNC(=O)C(=O)Nc2ccc(Cl)cc2C)cc1. The van der Waals surface area contributed by atoms with Crippen molar-refractivity contribution in [2.24, 2.45) is 5.10 Å². The summed E-state index contributed by atoms with van der Waals surface area (Å²) in [6.45, 7) is 4.48. The van der Waals surface area contributed by atoms with E-state index in [4.69, 9.17) is 16.3 Å². The molecule has 2 rings (SSSR count). The van der Waals surface area contributed by atoms with Gasteiger partial charge in [0.25, 0.3) is 0 Å². The molecule has 0 bridgehead atoms. The lowest BCUT2D eigenvalue weighted by molar-refractivity contribution is -0.136. The molecule has 0 aromatic heterocycles. The molecule has 0 radical (unpaired) electrons. The molecule has 0 aliphatic heterocycles. The number of halogens is 1. The minimum absolute atomic E-state index is 0.515. The molecule has 0 unspecified atom stereocenters. The van der Waals surface area contributed by atoms with Crippen molar-refractivity contribution in [3.8, 4) is 5.75 Å². The molecule has 7 heteroatoms. The second kappa shape index (κ2) is 9.58. The van der Waals surface area contributed by atoms with Crippen molar-refractivity contribution in [1.82, 2.24) is 5.43 Å². The molecule has 0 fully saturated rings. The van der Waals surface area contributed by atoms with Crippen LogP contribution in [0.1, 0.15) is 24.5 Å². The first-order valence-corrected chi connectivity index (χ1v) is 8.50. The van der Waals surface area contributed by atoms with Gasteiger partial charge in [-0.15, -0.1) is 0 Å². The van der Waals surface area contributed by atoms with E-state index >= 15 is 0 Å². The number of hydrazone groups is 1. The summed E-state index contributed by atoms with van der Waals surface area (Å²) in [6.07, 6.45) is 2.38. The summed E-state index contributed by atoms with van der Waals surface area (Å²) in [6, 6.07) is 12.2. The number of aryl methyl sites for hydroxylation is 1. The third-order valence-electron chi connectivity index (χ3n) is 3.38. The lowest BCUT2D eigenvalue weighted by Gasteiger charge is -2.07. The van der Waals surface area contributed by atoms with E-state index in [2.05, 4.69) is 15.8 Å². The molecule has 0 saturated heterocycles. The number of benzene rings is 2. The number of hydrogen-bond donors (Lipinski definition) is 2. The van der Waals surface area contributed by atoms with Crippen molar-refractivity contribution in [1.29, 1.82) is 0 Å². The van der Waals surface area contributed by atoms with Crippen LogP contribution in [0.15, 0.2) is 47.6 Å². The highest BCUT2D eigenvalue weighted by Crippen LogP contribution is 2.19. The van der Waals surface area contributed by atoms with Gasteiger partial charge in [-0.05, 0) is 66.9 Å². The third kappa shape index (κ3) is 5.89. The molecule has 2 N–H and O–H groups in total. The first kappa shape index (κ1) is 19.5. The largest absolute Gasteiger partial charge is 0.494 e. The number of carbonyl (C=O) groups is 2. The number of nitrogens with zero attached hydrogens (tertiary/aromatic N) is 1. The van der Waals surface area contributed by atoms with Gasteiger partial charge in [0.05, 0.1) is 12.8 Å². The Kier molecular flexibility index (Phi) is 7.17. The van der Waals surface area contributed by atoms with E-state index < -0.39 is 11.8 Å². The minimum atomic E-state index is -0.863. The van der Waals surface area contributed by atoms with Crippen LogP contribution in [0.2, 0.25) is 5.02 Å². The second-order valence-corrected chi connectivity index (χ2v) is 5.97. The third-order valence-corrected chi connectivity index (χ3v) is 3.61. The molecule has 0 aliphatic carbocycles. The Labute approximate surface area is 157 Å². The highest BCUT2D eigenvalue weighted by molar-refractivity contribution is 6.39. The normalized spacial score (nSPS) is 10.6. The number of ether oxygens (including phenoxy) is 1. The summed E-state index contributed by atoms with van der Waals surface area (Å²) in [5.74, 6) is -0.903. The number of amides is 2. The maximum Gasteiger partial charge on any atom is 0.329 e. The van der Waals surface area contributed by atoms with E-state index in [-0.39, 0.29) is 0 Å². The zero-order valence-corrected chi connectivity index (χ0v) is 15.3. The Morgan fingerprint density at radius 2 is 1.88 bits per heavy atom. The Morgan fingerprint density at radius 1 is 1.15 bits per heavy atom. The number of carbonyl (C=O) groups excluding carboxylic acids is 2. The van der Waals surface area contributed by atoms with Crippen LogP contribution >= 0.6 is 11.6 Å². The van der Waals surface area contributed by atoms with Gasteiger partial charge >= 0.3 is 11.8 Å². The molecular formula is C19H20ClN3O3. The van der Waals surface area contributed by atoms with Crippen LogP contribution in [0.25, 0.3) is 0 Å². The van der Waals surface area contributed by atoms with Gasteiger partial charge < -0.3 is 10.1 Å². The fraction of sp³-hybridized carbons (Fsp3) is 0.211. The Hall–Kier alpha value is -2.86. The van der Waals surface area contributed by atoms with E-state index in [1.807, 2.05) is 19.1 Å². The van der Waals surface area contributed by atoms with Gasteiger partial charge in [-0.1, -0.05) is 18.5 Å². The van der Waals surface area contributed by atoms with Crippen LogP contribution in [-0.4, -0.2) is 24.6 Å². The van der Waals surface area contributed by atoms with Crippen molar-refractivity contribution in [2.45, 2.75) is 20.3 Å². The fourth-order valence-corrected chi connectivity index (χ4v) is 2.26. The Morgan fingerprint density at radius 3 is 2.54 bits per heavy atom. The van der Waals surface area contributed by atoms with Gasteiger partial charge in [0.15, 0.2) is 0 Å². The fourth-order valence-electron chi connectivity index (χ4n) is 2.03. The van der Waals surface area contributed by atoms with E-state index in [1.165, 1.54) is 6.21 Å². The summed E-state index contributed by atoms with van der Waals surface area (Å²) in [4.78, 5) is 23.7. The summed E-state index contributed by atoms with van der Waals surface area (Å²) < 4.78 is 5.48.